The van der Waals surface area contributed by atoms with Gasteiger partial charge in [0.15, 0.2) is 0 Å². The van der Waals surface area contributed by atoms with E-state index in [1.807, 2.05) is 0 Å². The molecule has 1 heteroatoms. The van der Waals surface area contributed by atoms with Crippen LogP contribution in [0.15, 0.2) is 23.3 Å². The number of nitrogens with two attached hydrogens (primary N) is 1. The van der Waals surface area contributed by atoms with Gasteiger partial charge in [-0.25, -0.2) is 0 Å². The molecule has 0 radical (unpaired) electrons. The lowest BCUT2D eigenvalue weighted by atomic mass is 9.85. The first-order valence-electron chi connectivity index (χ1n) is 6.00. The topological polar surface area (TPSA) is 26.0 Å². The molecule has 0 spiro atoms. The summed E-state index contributed by atoms with van der Waals surface area (Å²) < 4.78 is 0. The maximum atomic E-state index is 6.20. The maximum absolute atomic E-state index is 6.20. The molecule has 1 aliphatic rings. The van der Waals surface area contributed by atoms with Crippen LogP contribution in [0.25, 0.3) is 0 Å². The Balaban J connectivity index is 2.44. The van der Waals surface area contributed by atoms with E-state index >= 15 is 0 Å². The highest BCUT2D eigenvalue weighted by Gasteiger charge is 2.16. The SMILES string of the molecule is CC1=CC=C(C(N)CCC(C)(C)C)CC1. The lowest BCUT2D eigenvalue weighted by Gasteiger charge is -2.23. The van der Waals surface area contributed by atoms with Crippen molar-refractivity contribution < 1.29 is 0 Å². The Labute approximate surface area is 94.4 Å². The Bertz CT molecular complexity index is 266. The van der Waals surface area contributed by atoms with Crippen molar-refractivity contribution in [2.24, 2.45) is 11.1 Å². The molecule has 1 atom stereocenters. The fourth-order valence-corrected chi connectivity index (χ4v) is 1.84. The van der Waals surface area contributed by atoms with Gasteiger partial charge in [0, 0.05) is 6.04 Å². The minimum atomic E-state index is 0.272. The van der Waals surface area contributed by atoms with E-state index in [4.69, 9.17) is 5.73 Å². The average Bonchev–Trinajstić information content (AvgIpc) is 2.14. The minimum Gasteiger partial charge on any atom is -0.324 e. The monoisotopic (exact) mass is 207 g/mol. The first-order valence-corrected chi connectivity index (χ1v) is 6.00. The zero-order valence-corrected chi connectivity index (χ0v) is 10.6. The average molecular weight is 207 g/mol. The van der Waals surface area contributed by atoms with Gasteiger partial charge in [-0.15, -0.1) is 0 Å². The summed E-state index contributed by atoms with van der Waals surface area (Å²) in [5.41, 5.74) is 9.51. The minimum absolute atomic E-state index is 0.272. The highest BCUT2D eigenvalue weighted by Crippen LogP contribution is 2.26. The van der Waals surface area contributed by atoms with Gasteiger partial charge < -0.3 is 5.73 Å². The van der Waals surface area contributed by atoms with Crippen LogP contribution in [0.3, 0.4) is 0 Å². The van der Waals surface area contributed by atoms with Crippen molar-refractivity contribution in [1.29, 1.82) is 0 Å². The molecule has 1 rings (SSSR count). The molecule has 0 aromatic heterocycles. The molecule has 2 N–H and O–H groups in total. The quantitative estimate of drug-likeness (QED) is 0.748. The Morgan fingerprint density at radius 2 is 1.93 bits per heavy atom. The Kier molecular flexibility index (Phi) is 4.15. The van der Waals surface area contributed by atoms with E-state index in [0.717, 1.165) is 12.8 Å². The number of hydrogen-bond donors (Lipinski definition) is 1. The van der Waals surface area contributed by atoms with Crippen LogP contribution in [0.2, 0.25) is 0 Å². The summed E-state index contributed by atoms with van der Waals surface area (Å²) in [5, 5.41) is 0. The molecule has 1 aliphatic carbocycles. The van der Waals surface area contributed by atoms with Gasteiger partial charge in [0.05, 0.1) is 0 Å². The van der Waals surface area contributed by atoms with Gasteiger partial charge in [0.1, 0.15) is 0 Å². The predicted molar refractivity (Wildman–Crippen MR) is 67.7 cm³/mol. The van der Waals surface area contributed by atoms with Gasteiger partial charge in [-0.3, -0.25) is 0 Å². The van der Waals surface area contributed by atoms with Crippen molar-refractivity contribution >= 4 is 0 Å². The molecule has 1 unspecified atom stereocenters. The first-order chi connectivity index (χ1) is 6.88. The molecule has 0 bridgehead atoms. The summed E-state index contributed by atoms with van der Waals surface area (Å²) in [6.07, 6.45) is 9.11. The third-order valence-corrected chi connectivity index (χ3v) is 3.07. The summed E-state index contributed by atoms with van der Waals surface area (Å²) >= 11 is 0. The highest BCUT2D eigenvalue weighted by molar-refractivity contribution is 5.25. The summed E-state index contributed by atoms with van der Waals surface area (Å²) in [5.74, 6) is 0. The van der Waals surface area contributed by atoms with Crippen LogP contribution in [-0.4, -0.2) is 6.04 Å². The highest BCUT2D eigenvalue weighted by atomic mass is 14.6. The van der Waals surface area contributed by atoms with E-state index in [9.17, 15) is 0 Å². The third-order valence-electron chi connectivity index (χ3n) is 3.07. The fraction of sp³-hybridized carbons (Fsp3) is 0.714. The zero-order chi connectivity index (χ0) is 11.5. The molecule has 0 saturated carbocycles. The predicted octanol–water partition coefficient (Wildman–Crippen LogP) is 3.81. The van der Waals surface area contributed by atoms with E-state index < -0.39 is 0 Å². The molecular weight excluding hydrogens is 182 g/mol. The Hall–Kier alpha value is -0.560. The lowest BCUT2D eigenvalue weighted by molar-refractivity contribution is 0.354. The number of allylic oxidation sites excluding steroid dienone is 3. The van der Waals surface area contributed by atoms with Crippen LogP contribution in [0.1, 0.15) is 53.4 Å². The van der Waals surface area contributed by atoms with Crippen molar-refractivity contribution in [2.75, 3.05) is 0 Å². The van der Waals surface area contributed by atoms with Gasteiger partial charge in [-0.2, -0.15) is 0 Å². The zero-order valence-electron chi connectivity index (χ0n) is 10.6. The van der Waals surface area contributed by atoms with E-state index in [-0.39, 0.29) is 6.04 Å². The fourth-order valence-electron chi connectivity index (χ4n) is 1.84. The van der Waals surface area contributed by atoms with E-state index in [0.29, 0.717) is 5.41 Å². The van der Waals surface area contributed by atoms with Crippen molar-refractivity contribution in [1.82, 2.24) is 0 Å². The number of rotatable bonds is 3. The molecule has 0 fully saturated rings. The van der Waals surface area contributed by atoms with E-state index in [1.165, 1.54) is 24.0 Å². The van der Waals surface area contributed by atoms with Gasteiger partial charge in [-0.05, 0) is 38.0 Å². The summed E-state index contributed by atoms with van der Waals surface area (Å²) in [6, 6.07) is 0.272. The summed E-state index contributed by atoms with van der Waals surface area (Å²) in [7, 11) is 0. The Morgan fingerprint density at radius 1 is 1.27 bits per heavy atom. The van der Waals surface area contributed by atoms with Crippen molar-refractivity contribution in [2.45, 2.75) is 59.4 Å². The molecule has 0 aliphatic heterocycles. The van der Waals surface area contributed by atoms with Crippen LogP contribution >= 0.6 is 0 Å². The first kappa shape index (κ1) is 12.5. The van der Waals surface area contributed by atoms with Crippen LogP contribution < -0.4 is 5.73 Å². The van der Waals surface area contributed by atoms with Crippen LogP contribution in [0, 0.1) is 5.41 Å². The maximum Gasteiger partial charge on any atom is 0.0256 e. The normalized spacial score (nSPS) is 19.5. The molecule has 0 aromatic carbocycles. The van der Waals surface area contributed by atoms with Crippen LogP contribution in [-0.2, 0) is 0 Å². The molecule has 15 heavy (non-hydrogen) atoms. The second-order valence-corrected chi connectivity index (χ2v) is 5.96. The largest absolute Gasteiger partial charge is 0.324 e. The van der Waals surface area contributed by atoms with Gasteiger partial charge in [-0.1, -0.05) is 44.1 Å². The molecule has 0 heterocycles. The van der Waals surface area contributed by atoms with Crippen molar-refractivity contribution in [3.8, 4) is 0 Å². The van der Waals surface area contributed by atoms with Gasteiger partial charge in [0.25, 0.3) is 0 Å². The Morgan fingerprint density at radius 3 is 2.40 bits per heavy atom. The molecule has 1 nitrogen and oxygen atoms in total. The third kappa shape index (κ3) is 4.65. The molecular formula is C14H25N. The molecule has 86 valence electrons. The summed E-state index contributed by atoms with van der Waals surface area (Å²) in [4.78, 5) is 0. The smallest absolute Gasteiger partial charge is 0.0256 e. The number of hydrogen-bond acceptors (Lipinski definition) is 1. The second-order valence-electron chi connectivity index (χ2n) is 5.96. The molecule has 0 saturated heterocycles. The van der Waals surface area contributed by atoms with Crippen molar-refractivity contribution in [3.05, 3.63) is 23.3 Å². The van der Waals surface area contributed by atoms with E-state index in [1.54, 1.807) is 0 Å². The lowest BCUT2D eigenvalue weighted by Crippen LogP contribution is -2.25. The second kappa shape index (κ2) is 4.98. The standard InChI is InChI=1S/C14H25N/c1-11-5-7-12(8-6-11)13(15)9-10-14(2,3)4/h5,7,13H,6,8-10,15H2,1-4H3. The molecule has 0 amide bonds. The van der Waals surface area contributed by atoms with Gasteiger partial charge in [0.2, 0.25) is 0 Å². The van der Waals surface area contributed by atoms with Gasteiger partial charge >= 0.3 is 0 Å². The van der Waals surface area contributed by atoms with Crippen molar-refractivity contribution in [3.63, 3.8) is 0 Å². The van der Waals surface area contributed by atoms with Crippen LogP contribution in [0.4, 0.5) is 0 Å². The summed E-state index contributed by atoms with van der Waals surface area (Å²) in [6.45, 7) is 9.02. The molecule has 0 aromatic rings. The van der Waals surface area contributed by atoms with E-state index in [2.05, 4.69) is 39.8 Å². The van der Waals surface area contributed by atoms with Crippen LogP contribution in [0.5, 0.6) is 0 Å².